The highest BCUT2D eigenvalue weighted by molar-refractivity contribution is 7.98. The van der Waals surface area contributed by atoms with Crippen molar-refractivity contribution >= 4 is 23.4 Å². The maximum absolute atomic E-state index is 12.1. The summed E-state index contributed by atoms with van der Waals surface area (Å²) in [6, 6.07) is 19.9. The van der Waals surface area contributed by atoms with E-state index in [0.717, 1.165) is 27.6 Å². The van der Waals surface area contributed by atoms with Crippen LogP contribution < -0.4 is 10.1 Å². The van der Waals surface area contributed by atoms with Crippen LogP contribution >= 0.6 is 11.8 Å². The van der Waals surface area contributed by atoms with Crippen LogP contribution in [-0.2, 0) is 10.5 Å². The lowest BCUT2D eigenvalue weighted by molar-refractivity contribution is -0.116. The molecule has 5 heteroatoms. The van der Waals surface area contributed by atoms with Crippen molar-refractivity contribution in [3.63, 3.8) is 0 Å². The Labute approximate surface area is 170 Å². The number of carbonyl (C=O) groups is 1. The van der Waals surface area contributed by atoms with E-state index in [1.54, 1.807) is 18.0 Å². The Hall–Kier alpha value is -2.79. The summed E-state index contributed by atoms with van der Waals surface area (Å²) < 4.78 is 5.68. The van der Waals surface area contributed by atoms with E-state index in [4.69, 9.17) is 4.74 Å². The van der Waals surface area contributed by atoms with Gasteiger partial charge in [0.05, 0.1) is 6.61 Å². The molecule has 0 fully saturated rings. The number of amides is 1. The van der Waals surface area contributed by atoms with Crippen molar-refractivity contribution in [1.82, 2.24) is 4.98 Å². The van der Waals surface area contributed by atoms with Crippen molar-refractivity contribution in [3.8, 4) is 5.75 Å². The van der Waals surface area contributed by atoms with Crippen LogP contribution in [0, 0.1) is 6.92 Å². The van der Waals surface area contributed by atoms with Gasteiger partial charge in [0.15, 0.2) is 0 Å². The number of nitrogens with one attached hydrogen (secondary N) is 1. The van der Waals surface area contributed by atoms with E-state index in [9.17, 15) is 4.79 Å². The van der Waals surface area contributed by atoms with Gasteiger partial charge in [-0.05, 0) is 66.9 Å². The molecule has 1 aromatic heterocycles. The molecular weight excluding hydrogens is 368 g/mol. The van der Waals surface area contributed by atoms with Crippen molar-refractivity contribution in [2.45, 2.75) is 30.4 Å². The van der Waals surface area contributed by atoms with Gasteiger partial charge < -0.3 is 10.1 Å². The lowest BCUT2D eigenvalue weighted by atomic mass is 10.2. The van der Waals surface area contributed by atoms with E-state index >= 15 is 0 Å². The number of pyridine rings is 1. The first kappa shape index (κ1) is 20.0. The first-order chi connectivity index (χ1) is 13.7. The quantitative estimate of drug-likeness (QED) is 0.387. The summed E-state index contributed by atoms with van der Waals surface area (Å²) in [5.74, 6) is 1.73. The number of anilines is 1. The Balaban J connectivity index is 1.37. The fourth-order valence-corrected chi connectivity index (χ4v) is 3.47. The summed E-state index contributed by atoms with van der Waals surface area (Å²) in [5, 5.41) is 2.94. The summed E-state index contributed by atoms with van der Waals surface area (Å²) >= 11 is 1.75. The van der Waals surface area contributed by atoms with Crippen molar-refractivity contribution in [2.24, 2.45) is 0 Å². The number of hydrogen-bond donors (Lipinski definition) is 1. The molecular formula is C23H24N2O2S. The van der Waals surface area contributed by atoms with Gasteiger partial charge >= 0.3 is 0 Å². The molecule has 0 spiro atoms. The van der Waals surface area contributed by atoms with Gasteiger partial charge in [0, 0.05) is 35.2 Å². The number of rotatable bonds is 9. The molecule has 1 heterocycles. The monoisotopic (exact) mass is 392 g/mol. The number of ether oxygens (including phenoxy) is 1. The molecule has 0 aliphatic rings. The molecule has 1 N–H and O–H groups in total. The number of thioether (sulfide) groups is 1. The number of nitrogens with zero attached hydrogens (tertiary/aromatic N) is 1. The average Bonchev–Trinajstić information content (AvgIpc) is 2.72. The van der Waals surface area contributed by atoms with Gasteiger partial charge in [-0.3, -0.25) is 9.78 Å². The van der Waals surface area contributed by atoms with E-state index in [0.29, 0.717) is 19.4 Å². The average molecular weight is 393 g/mol. The molecule has 28 heavy (non-hydrogen) atoms. The third-order valence-electron chi connectivity index (χ3n) is 4.07. The van der Waals surface area contributed by atoms with Crippen molar-refractivity contribution in [2.75, 3.05) is 11.9 Å². The Morgan fingerprint density at radius 3 is 2.71 bits per heavy atom. The van der Waals surface area contributed by atoms with E-state index in [2.05, 4.69) is 16.4 Å². The van der Waals surface area contributed by atoms with Crippen LogP contribution in [0.25, 0.3) is 0 Å². The van der Waals surface area contributed by atoms with Crippen molar-refractivity contribution < 1.29 is 9.53 Å². The zero-order valence-corrected chi connectivity index (χ0v) is 16.7. The Bertz CT molecular complexity index is 883. The van der Waals surface area contributed by atoms with Gasteiger partial charge in [0.2, 0.25) is 5.91 Å². The van der Waals surface area contributed by atoms with Crippen LogP contribution in [0.3, 0.4) is 0 Å². The van der Waals surface area contributed by atoms with Crippen LogP contribution in [0.2, 0.25) is 0 Å². The highest BCUT2D eigenvalue weighted by Crippen LogP contribution is 2.24. The molecule has 3 aromatic rings. The van der Waals surface area contributed by atoms with Gasteiger partial charge in [-0.1, -0.05) is 18.2 Å². The molecule has 0 bridgehead atoms. The number of benzene rings is 2. The number of carbonyl (C=O) groups excluding carboxylic acids is 1. The first-order valence-corrected chi connectivity index (χ1v) is 10.3. The summed E-state index contributed by atoms with van der Waals surface area (Å²) in [6.07, 6.45) is 4.77. The molecule has 0 radical (unpaired) electrons. The second-order valence-electron chi connectivity index (χ2n) is 6.49. The summed E-state index contributed by atoms with van der Waals surface area (Å²) in [4.78, 5) is 17.4. The molecule has 0 saturated carbocycles. The van der Waals surface area contributed by atoms with E-state index < -0.39 is 0 Å². The molecule has 4 nitrogen and oxygen atoms in total. The third-order valence-corrected chi connectivity index (χ3v) is 5.16. The van der Waals surface area contributed by atoms with Crippen LogP contribution in [0.1, 0.15) is 24.0 Å². The van der Waals surface area contributed by atoms with Crippen LogP contribution in [-0.4, -0.2) is 17.5 Å². The molecule has 2 aromatic carbocycles. The molecule has 3 rings (SSSR count). The Morgan fingerprint density at radius 2 is 1.96 bits per heavy atom. The number of aryl methyl sites for hydroxylation is 1. The fraction of sp³-hybridized carbons (Fsp3) is 0.217. The zero-order valence-electron chi connectivity index (χ0n) is 15.9. The predicted octanol–water partition coefficient (Wildman–Crippen LogP) is 5.48. The molecule has 1 amide bonds. The van der Waals surface area contributed by atoms with Gasteiger partial charge in [0.1, 0.15) is 5.75 Å². The summed E-state index contributed by atoms with van der Waals surface area (Å²) in [7, 11) is 0. The molecule has 0 aliphatic carbocycles. The van der Waals surface area contributed by atoms with E-state index in [1.165, 1.54) is 5.56 Å². The fourth-order valence-electron chi connectivity index (χ4n) is 2.64. The van der Waals surface area contributed by atoms with Crippen LogP contribution in [0.4, 0.5) is 5.69 Å². The van der Waals surface area contributed by atoms with Gasteiger partial charge in [-0.25, -0.2) is 0 Å². The lowest BCUT2D eigenvalue weighted by Gasteiger charge is -2.08. The normalized spacial score (nSPS) is 10.5. The molecule has 0 atom stereocenters. The van der Waals surface area contributed by atoms with Crippen LogP contribution in [0.15, 0.2) is 78.0 Å². The minimum atomic E-state index is 0.00334. The topological polar surface area (TPSA) is 51.2 Å². The zero-order chi connectivity index (χ0) is 19.6. The second kappa shape index (κ2) is 10.5. The molecule has 0 saturated heterocycles. The largest absolute Gasteiger partial charge is 0.494 e. The van der Waals surface area contributed by atoms with Gasteiger partial charge in [0.25, 0.3) is 0 Å². The summed E-state index contributed by atoms with van der Waals surface area (Å²) in [5.41, 5.74) is 3.17. The minimum Gasteiger partial charge on any atom is -0.494 e. The molecule has 0 aliphatic heterocycles. The van der Waals surface area contributed by atoms with Crippen molar-refractivity contribution in [3.05, 3.63) is 84.2 Å². The predicted molar refractivity (Wildman–Crippen MR) is 115 cm³/mol. The first-order valence-electron chi connectivity index (χ1n) is 9.30. The second-order valence-corrected chi connectivity index (χ2v) is 7.54. The lowest BCUT2D eigenvalue weighted by Crippen LogP contribution is -2.12. The minimum absolute atomic E-state index is 0.00334. The highest BCUT2D eigenvalue weighted by Gasteiger charge is 2.04. The molecule has 144 valence electrons. The number of hydrogen-bond acceptors (Lipinski definition) is 4. The standard InChI is InChI=1S/C23H24N2O2S/c1-18-5-2-7-21(15-18)27-14-4-8-23(26)25-20-9-11-22(12-10-20)28-17-19-6-3-13-24-16-19/h2-3,5-7,9-13,15-16H,4,8,14,17H2,1H3,(H,25,26). The maximum Gasteiger partial charge on any atom is 0.224 e. The Morgan fingerprint density at radius 1 is 1.11 bits per heavy atom. The van der Waals surface area contributed by atoms with E-state index in [-0.39, 0.29) is 5.91 Å². The maximum atomic E-state index is 12.1. The smallest absolute Gasteiger partial charge is 0.224 e. The van der Waals surface area contributed by atoms with Gasteiger partial charge in [-0.15, -0.1) is 11.8 Å². The third kappa shape index (κ3) is 6.74. The SMILES string of the molecule is Cc1cccc(OCCCC(=O)Nc2ccc(SCc3cccnc3)cc2)c1. The van der Waals surface area contributed by atoms with Gasteiger partial charge in [-0.2, -0.15) is 0 Å². The number of aromatic nitrogens is 1. The highest BCUT2D eigenvalue weighted by atomic mass is 32.2. The van der Waals surface area contributed by atoms with Crippen molar-refractivity contribution in [1.29, 1.82) is 0 Å². The summed E-state index contributed by atoms with van der Waals surface area (Å²) in [6.45, 7) is 2.56. The van der Waals surface area contributed by atoms with Crippen LogP contribution in [0.5, 0.6) is 5.75 Å². The molecule has 0 unspecified atom stereocenters. The van der Waals surface area contributed by atoms with E-state index in [1.807, 2.05) is 67.7 Å². The Kier molecular flexibility index (Phi) is 7.50.